The predicted molar refractivity (Wildman–Crippen MR) is 66.8 cm³/mol. The molecular weight excluding hydrogens is 230 g/mol. The van der Waals surface area contributed by atoms with Gasteiger partial charge in [-0.3, -0.25) is 0 Å². The molecule has 2 aliphatic rings. The normalized spacial score (nSPS) is 23.4. The molecule has 0 amide bonds. The Hall–Kier alpha value is -1.65. The lowest BCUT2D eigenvalue weighted by molar-refractivity contribution is 0.0689. The molecule has 1 aliphatic carbocycles. The molecular formula is C13H17N3O2. The summed E-state index contributed by atoms with van der Waals surface area (Å²) in [5, 5.41) is 8.97. The molecule has 18 heavy (non-hydrogen) atoms. The molecule has 0 spiro atoms. The van der Waals surface area contributed by atoms with Gasteiger partial charge in [-0.05, 0) is 31.6 Å². The van der Waals surface area contributed by atoms with Crippen molar-refractivity contribution in [1.29, 1.82) is 0 Å². The van der Waals surface area contributed by atoms with Gasteiger partial charge in [0.15, 0.2) is 11.5 Å². The van der Waals surface area contributed by atoms with Gasteiger partial charge in [0.25, 0.3) is 0 Å². The molecule has 1 saturated carbocycles. The van der Waals surface area contributed by atoms with Crippen LogP contribution in [0.5, 0.6) is 0 Å². The monoisotopic (exact) mass is 247 g/mol. The Morgan fingerprint density at radius 1 is 1.50 bits per heavy atom. The maximum atomic E-state index is 10.9. The third kappa shape index (κ3) is 1.83. The van der Waals surface area contributed by atoms with E-state index in [0.29, 0.717) is 12.0 Å². The van der Waals surface area contributed by atoms with Crippen LogP contribution in [-0.2, 0) is 6.42 Å². The van der Waals surface area contributed by atoms with Gasteiger partial charge < -0.3 is 10.0 Å². The Bertz CT molecular complexity index is 485. The second-order valence-electron chi connectivity index (χ2n) is 5.38. The fourth-order valence-corrected chi connectivity index (χ4v) is 2.74. The summed E-state index contributed by atoms with van der Waals surface area (Å²) in [6, 6.07) is 0.580. The van der Waals surface area contributed by atoms with Crippen LogP contribution in [0.15, 0.2) is 6.20 Å². The highest BCUT2D eigenvalue weighted by Gasteiger charge is 2.33. The minimum Gasteiger partial charge on any atom is -0.476 e. The number of aromatic carboxylic acids is 1. The van der Waals surface area contributed by atoms with Crippen molar-refractivity contribution in [2.24, 2.45) is 5.92 Å². The molecule has 1 N–H and O–H groups in total. The van der Waals surface area contributed by atoms with Crippen LogP contribution >= 0.6 is 0 Å². The largest absolute Gasteiger partial charge is 0.476 e. The van der Waals surface area contributed by atoms with Crippen LogP contribution in [0.25, 0.3) is 0 Å². The molecule has 1 fully saturated rings. The molecule has 1 unspecified atom stereocenters. The van der Waals surface area contributed by atoms with Crippen LogP contribution in [0, 0.1) is 5.92 Å². The number of aromatic nitrogens is 2. The molecule has 0 bridgehead atoms. The maximum absolute atomic E-state index is 10.9. The minimum absolute atomic E-state index is 0.0522. The number of anilines is 1. The Morgan fingerprint density at radius 3 is 2.89 bits per heavy atom. The van der Waals surface area contributed by atoms with Crippen molar-refractivity contribution < 1.29 is 9.90 Å². The van der Waals surface area contributed by atoms with E-state index in [2.05, 4.69) is 21.8 Å². The quantitative estimate of drug-likeness (QED) is 0.862. The van der Waals surface area contributed by atoms with Crippen molar-refractivity contribution in [2.45, 2.75) is 38.6 Å². The Balaban J connectivity index is 1.97. The summed E-state index contributed by atoms with van der Waals surface area (Å²) >= 11 is 0. The molecule has 5 nitrogen and oxygen atoms in total. The Morgan fingerprint density at radius 2 is 2.28 bits per heavy atom. The van der Waals surface area contributed by atoms with E-state index in [1.165, 1.54) is 25.5 Å². The summed E-state index contributed by atoms with van der Waals surface area (Å²) in [4.78, 5) is 21.9. The number of hydrogen-bond donors (Lipinski definition) is 1. The summed E-state index contributed by atoms with van der Waals surface area (Å²) in [7, 11) is 0. The van der Waals surface area contributed by atoms with Crippen LogP contribution in [0.3, 0.4) is 0 Å². The van der Waals surface area contributed by atoms with E-state index in [1.54, 1.807) is 0 Å². The fourth-order valence-electron chi connectivity index (χ4n) is 2.74. The van der Waals surface area contributed by atoms with E-state index in [-0.39, 0.29) is 5.69 Å². The second-order valence-corrected chi connectivity index (χ2v) is 5.38. The van der Waals surface area contributed by atoms with Crippen LogP contribution in [0.1, 0.15) is 42.4 Å². The lowest BCUT2D eigenvalue weighted by Gasteiger charge is -2.42. The number of rotatable bonds is 2. The van der Waals surface area contributed by atoms with Gasteiger partial charge in [0, 0.05) is 12.6 Å². The zero-order valence-corrected chi connectivity index (χ0v) is 10.5. The molecule has 3 rings (SSSR count). The number of fused-ring (bicyclic) bond motifs is 1. The van der Waals surface area contributed by atoms with Gasteiger partial charge in [0.05, 0.1) is 11.9 Å². The SMILES string of the molecule is CC1Cc2nc(C(=O)O)cnc2N(C2CCC2)C1. The first-order valence-electron chi connectivity index (χ1n) is 6.51. The van der Waals surface area contributed by atoms with Gasteiger partial charge in [-0.1, -0.05) is 6.92 Å². The molecule has 0 saturated heterocycles. The third-order valence-corrected chi connectivity index (χ3v) is 3.88. The first-order chi connectivity index (χ1) is 8.65. The van der Waals surface area contributed by atoms with E-state index in [4.69, 9.17) is 5.11 Å². The van der Waals surface area contributed by atoms with E-state index in [0.717, 1.165) is 24.5 Å². The van der Waals surface area contributed by atoms with Gasteiger partial charge in [-0.2, -0.15) is 0 Å². The van der Waals surface area contributed by atoms with E-state index >= 15 is 0 Å². The third-order valence-electron chi connectivity index (χ3n) is 3.88. The lowest BCUT2D eigenvalue weighted by Crippen LogP contribution is -2.46. The van der Waals surface area contributed by atoms with Gasteiger partial charge in [0.1, 0.15) is 0 Å². The summed E-state index contributed by atoms with van der Waals surface area (Å²) in [6.07, 6.45) is 5.92. The lowest BCUT2D eigenvalue weighted by atomic mass is 9.88. The average Bonchev–Trinajstić information content (AvgIpc) is 2.25. The van der Waals surface area contributed by atoms with Crippen LogP contribution in [-0.4, -0.2) is 33.6 Å². The van der Waals surface area contributed by atoms with Gasteiger partial charge in [-0.25, -0.2) is 14.8 Å². The van der Waals surface area contributed by atoms with Crippen molar-refractivity contribution >= 4 is 11.8 Å². The predicted octanol–water partition coefficient (Wildman–Crippen LogP) is 1.73. The number of nitrogens with zero attached hydrogens (tertiary/aromatic N) is 3. The zero-order valence-electron chi connectivity index (χ0n) is 10.5. The molecule has 2 heterocycles. The molecule has 5 heteroatoms. The van der Waals surface area contributed by atoms with Crippen molar-refractivity contribution in [2.75, 3.05) is 11.4 Å². The highest BCUT2D eigenvalue weighted by Crippen LogP contribution is 2.34. The number of carboxylic acid groups (broad SMARTS) is 1. The van der Waals surface area contributed by atoms with Crippen molar-refractivity contribution in [3.8, 4) is 0 Å². The Labute approximate surface area is 106 Å². The zero-order chi connectivity index (χ0) is 12.7. The number of carbonyl (C=O) groups is 1. The summed E-state index contributed by atoms with van der Waals surface area (Å²) in [5.41, 5.74) is 0.900. The van der Waals surface area contributed by atoms with Crippen LogP contribution < -0.4 is 4.90 Å². The molecule has 0 radical (unpaired) electrons. The number of hydrogen-bond acceptors (Lipinski definition) is 4. The number of carboxylic acids is 1. The summed E-state index contributed by atoms with van der Waals surface area (Å²) in [6.45, 7) is 3.20. The fraction of sp³-hybridized carbons (Fsp3) is 0.615. The smallest absolute Gasteiger partial charge is 0.356 e. The summed E-state index contributed by atoms with van der Waals surface area (Å²) < 4.78 is 0. The van der Waals surface area contributed by atoms with Crippen molar-refractivity contribution in [1.82, 2.24) is 9.97 Å². The minimum atomic E-state index is -1.00. The maximum Gasteiger partial charge on any atom is 0.356 e. The Kier molecular flexibility index (Phi) is 2.69. The standard InChI is InChI=1S/C13H17N3O2/c1-8-5-10-12(14-6-11(15-10)13(17)18)16(7-8)9-3-2-4-9/h6,8-9H,2-5,7H2,1H3,(H,17,18). The summed E-state index contributed by atoms with van der Waals surface area (Å²) in [5.74, 6) is 0.415. The van der Waals surface area contributed by atoms with E-state index in [1.807, 2.05) is 0 Å². The topological polar surface area (TPSA) is 66.3 Å². The molecule has 1 aliphatic heterocycles. The highest BCUT2D eigenvalue weighted by atomic mass is 16.4. The average molecular weight is 247 g/mol. The first-order valence-corrected chi connectivity index (χ1v) is 6.51. The van der Waals surface area contributed by atoms with Gasteiger partial charge in [-0.15, -0.1) is 0 Å². The van der Waals surface area contributed by atoms with Crippen molar-refractivity contribution in [3.63, 3.8) is 0 Å². The molecule has 0 aromatic carbocycles. The van der Waals surface area contributed by atoms with E-state index < -0.39 is 5.97 Å². The second kappa shape index (κ2) is 4.23. The van der Waals surface area contributed by atoms with Crippen molar-refractivity contribution in [3.05, 3.63) is 17.6 Å². The van der Waals surface area contributed by atoms with E-state index in [9.17, 15) is 4.79 Å². The van der Waals surface area contributed by atoms with Crippen LogP contribution in [0.2, 0.25) is 0 Å². The first kappa shape index (κ1) is 11.4. The highest BCUT2D eigenvalue weighted by molar-refractivity contribution is 5.85. The van der Waals surface area contributed by atoms with Gasteiger partial charge in [0.2, 0.25) is 0 Å². The molecule has 96 valence electrons. The van der Waals surface area contributed by atoms with Crippen LogP contribution in [0.4, 0.5) is 5.82 Å². The van der Waals surface area contributed by atoms with Gasteiger partial charge >= 0.3 is 5.97 Å². The molecule has 1 aromatic heterocycles. The molecule has 1 aromatic rings. The molecule has 1 atom stereocenters.